The molecule has 3 nitrogen and oxygen atoms in total. The fourth-order valence-corrected chi connectivity index (χ4v) is 3.04. The first-order chi connectivity index (χ1) is 10.1. The van der Waals surface area contributed by atoms with E-state index in [1.165, 1.54) is 0 Å². The van der Waals surface area contributed by atoms with Crippen LogP contribution >= 0.6 is 12.4 Å². The molecule has 0 radical (unpaired) electrons. The van der Waals surface area contributed by atoms with Crippen LogP contribution in [0.4, 0.5) is 10.1 Å². The molecule has 2 rings (SSSR count). The lowest BCUT2D eigenvalue weighted by molar-refractivity contribution is -0.122. The Kier molecular flexibility index (Phi) is 7.83. The van der Waals surface area contributed by atoms with Gasteiger partial charge in [0.25, 0.3) is 0 Å². The number of para-hydroxylation sites is 1. The number of benzene rings is 1. The second kappa shape index (κ2) is 9.11. The number of alkyl halides is 1. The summed E-state index contributed by atoms with van der Waals surface area (Å²) >= 11 is 0. The molecule has 0 saturated carbocycles. The maximum Gasteiger partial charge on any atom is 0.241 e. The van der Waals surface area contributed by atoms with Crippen molar-refractivity contribution in [2.75, 3.05) is 25.1 Å². The Hall–Kier alpha value is -1.13. The molecule has 1 fully saturated rings. The van der Waals surface area contributed by atoms with E-state index in [1.807, 2.05) is 32.0 Å². The van der Waals surface area contributed by atoms with Crippen LogP contribution in [0.25, 0.3) is 0 Å². The largest absolute Gasteiger partial charge is 0.324 e. The summed E-state index contributed by atoms with van der Waals surface area (Å²) in [6.45, 7) is 5.25. The summed E-state index contributed by atoms with van der Waals surface area (Å²) in [5.74, 6) is 0.0472. The van der Waals surface area contributed by atoms with Crippen molar-refractivity contribution in [3.8, 4) is 0 Å². The normalized spacial score (nSPS) is 18.6. The molecule has 1 aromatic carbocycles. The van der Waals surface area contributed by atoms with Crippen molar-refractivity contribution in [1.82, 2.24) is 4.90 Å². The zero-order chi connectivity index (χ0) is 15.2. The minimum Gasteiger partial charge on any atom is -0.324 e. The van der Waals surface area contributed by atoms with E-state index < -0.39 is 0 Å². The minimum atomic E-state index is -0.318. The van der Waals surface area contributed by atoms with Gasteiger partial charge in [0.15, 0.2) is 0 Å². The third-order valence-electron chi connectivity index (χ3n) is 4.22. The predicted octanol–water partition coefficient (Wildman–Crippen LogP) is 3.88. The lowest BCUT2D eigenvalue weighted by Gasteiger charge is -2.34. The van der Waals surface area contributed by atoms with Gasteiger partial charge in [0.05, 0.1) is 12.7 Å². The zero-order valence-corrected chi connectivity index (χ0v) is 14.2. The molecule has 5 heteroatoms. The van der Waals surface area contributed by atoms with Gasteiger partial charge in [-0.1, -0.05) is 24.6 Å². The highest BCUT2D eigenvalue weighted by Crippen LogP contribution is 2.23. The molecule has 124 valence electrons. The Bertz CT molecular complexity index is 475. The number of halogens is 2. The average molecular weight is 329 g/mol. The Morgan fingerprint density at radius 1 is 1.32 bits per heavy atom. The second-order valence-corrected chi connectivity index (χ2v) is 5.85. The van der Waals surface area contributed by atoms with Crippen molar-refractivity contribution in [3.63, 3.8) is 0 Å². The SMILES string of the molecule is Cc1cccc(C)c1NC(=O)[C@@H]1CCCCN1CCCF.Cl. The van der Waals surface area contributed by atoms with Crippen LogP contribution < -0.4 is 5.32 Å². The van der Waals surface area contributed by atoms with Crippen LogP contribution in [0, 0.1) is 13.8 Å². The van der Waals surface area contributed by atoms with Gasteiger partial charge in [-0.2, -0.15) is 0 Å². The lowest BCUT2D eigenvalue weighted by atomic mass is 10.0. The standard InChI is InChI=1S/C17H25FN2O.ClH/c1-13-7-5-8-14(2)16(13)19-17(21)15-9-3-4-11-20(15)12-6-10-18;/h5,7-8,15H,3-4,6,9-12H2,1-2H3,(H,19,21);1H/t15-;/m0./s1. The lowest BCUT2D eigenvalue weighted by Crippen LogP contribution is -2.47. The van der Waals surface area contributed by atoms with Crippen molar-refractivity contribution in [2.45, 2.75) is 45.6 Å². The van der Waals surface area contributed by atoms with Crippen LogP contribution in [0.5, 0.6) is 0 Å². The molecule has 1 aliphatic rings. The number of amides is 1. The summed E-state index contributed by atoms with van der Waals surface area (Å²) in [6.07, 6.45) is 3.53. The van der Waals surface area contributed by atoms with Crippen molar-refractivity contribution in [1.29, 1.82) is 0 Å². The number of carbonyl (C=O) groups is 1. The monoisotopic (exact) mass is 328 g/mol. The fraction of sp³-hybridized carbons (Fsp3) is 0.588. The number of hydrogen-bond donors (Lipinski definition) is 1. The first kappa shape index (κ1) is 18.9. The molecule has 1 heterocycles. The van der Waals surface area contributed by atoms with Crippen molar-refractivity contribution in [2.24, 2.45) is 0 Å². The summed E-state index contributed by atoms with van der Waals surface area (Å²) in [4.78, 5) is 14.7. The fourth-order valence-electron chi connectivity index (χ4n) is 3.04. The van der Waals surface area contributed by atoms with Gasteiger partial charge in [0, 0.05) is 12.2 Å². The van der Waals surface area contributed by atoms with Gasteiger partial charge in [-0.15, -0.1) is 12.4 Å². The molecule has 1 N–H and O–H groups in total. The molecule has 22 heavy (non-hydrogen) atoms. The zero-order valence-electron chi connectivity index (χ0n) is 13.4. The van der Waals surface area contributed by atoms with Crippen LogP contribution in [0.15, 0.2) is 18.2 Å². The average Bonchev–Trinajstić information content (AvgIpc) is 2.49. The summed E-state index contributed by atoms with van der Waals surface area (Å²) in [5.41, 5.74) is 3.07. The number of likely N-dealkylation sites (tertiary alicyclic amines) is 1. The van der Waals surface area contributed by atoms with Gasteiger partial charge in [-0.3, -0.25) is 14.1 Å². The molecule has 0 spiro atoms. The third kappa shape index (κ3) is 4.68. The highest BCUT2D eigenvalue weighted by atomic mass is 35.5. The quantitative estimate of drug-likeness (QED) is 0.889. The van der Waals surface area contributed by atoms with Crippen LogP contribution in [0.2, 0.25) is 0 Å². The predicted molar refractivity (Wildman–Crippen MR) is 91.6 cm³/mol. The number of rotatable bonds is 5. The Labute approximate surface area is 138 Å². The summed E-state index contributed by atoms with van der Waals surface area (Å²) < 4.78 is 12.4. The van der Waals surface area contributed by atoms with E-state index in [2.05, 4.69) is 10.2 Å². The van der Waals surface area contributed by atoms with Gasteiger partial charge in [0.1, 0.15) is 0 Å². The summed E-state index contributed by atoms with van der Waals surface area (Å²) in [7, 11) is 0. The van der Waals surface area contributed by atoms with E-state index in [4.69, 9.17) is 0 Å². The molecule has 0 aliphatic carbocycles. The van der Waals surface area contributed by atoms with E-state index in [0.717, 1.165) is 42.6 Å². The molecule has 1 atom stereocenters. The molecular weight excluding hydrogens is 303 g/mol. The van der Waals surface area contributed by atoms with Gasteiger partial charge in [-0.05, 0) is 50.8 Å². The number of nitrogens with one attached hydrogen (secondary N) is 1. The molecule has 1 aliphatic heterocycles. The van der Waals surface area contributed by atoms with Crippen molar-refractivity contribution < 1.29 is 9.18 Å². The Morgan fingerprint density at radius 3 is 2.64 bits per heavy atom. The molecule has 1 amide bonds. The maximum absolute atomic E-state index is 12.6. The number of hydrogen-bond acceptors (Lipinski definition) is 2. The Morgan fingerprint density at radius 2 is 2.00 bits per heavy atom. The van der Waals surface area contributed by atoms with E-state index in [0.29, 0.717) is 13.0 Å². The topological polar surface area (TPSA) is 32.3 Å². The molecule has 0 unspecified atom stereocenters. The molecule has 1 aromatic rings. The number of aryl methyl sites for hydroxylation is 2. The van der Waals surface area contributed by atoms with Crippen molar-refractivity contribution >= 4 is 24.0 Å². The molecule has 1 saturated heterocycles. The van der Waals surface area contributed by atoms with E-state index >= 15 is 0 Å². The van der Waals surface area contributed by atoms with Crippen molar-refractivity contribution in [3.05, 3.63) is 29.3 Å². The first-order valence-electron chi connectivity index (χ1n) is 7.80. The highest BCUT2D eigenvalue weighted by Gasteiger charge is 2.28. The van der Waals surface area contributed by atoms with Crippen LogP contribution in [-0.2, 0) is 4.79 Å². The van der Waals surface area contributed by atoms with Gasteiger partial charge < -0.3 is 5.32 Å². The molecule has 0 aromatic heterocycles. The van der Waals surface area contributed by atoms with Crippen LogP contribution in [0.3, 0.4) is 0 Å². The highest BCUT2D eigenvalue weighted by molar-refractivity contribution is 5.96. The smallest absolute Gasteiger partial charge is 0.241 e. The van der Waals surface area contributed by atoms with Gasteiger partial charge in [-0.25, -0.2) is 0 Å². The van der Waals surface area contributed by atoms with Gasteiger partial charge >= 0.3 is 0 Å². The first-order valence-corrected chi connectivity index (χ1v) is 7.80. The van der Waals surface area contributed by atoms with E-state index in [-0.39, 0.29) is 31.0 Å². The number of anilines is 1. The summed E-state index contributed by atoms with van der Waals surface area (Å²) in [5, 5.41) is 3.08. The van der Waals surface area contributed by atoms with Crippen LogP contribution in [0.1, 0.15) is 36.8 Å². The molecule has 0 bridgehead atoms. The van der Waals surface area contributed by atoms with E-state index in [9.17, 15) is 9.18 Å². The minimum absolute atomic E-state index is 0. The van der Waals surface area contributed by atoms with Crippen LogP contribution in [-0.4, -0.2) is 36.6 Å². The third-order valence-corrected chi connectivity index (χ3v) is 4.22. The maximum atomic E-state index is 12.6. The summed E-state index contributed by atoms with van der Waals surface area (Å²) in [6, 6.07) is 5.88. The number of carbonyl (C=O) groups excluding carboxylic acids is 1. The molecular formula is C17H26ClFN2O. The van der Waals surface area contributed by atoms with Gasteiger partial charge in [0.2, 0.25) is 5.91 Å². The second-order valence-electron chi connectivity index (χ2n) is 5.85. The van der Waals surface area contributed by atoms with E-state index in [1.54, 1.807) is 0 Å². The number of nitrogens with zero attached hydrogens (tertiary/aromatic N) is 1. The number of piperidine rings is 1. The Balaban J connectivity index is 0.00000242.